The summed E-state index contributed by atoms with van der Waals surface area (Å²) in [4.78, 5) is 16.7. The van der Waals surface area contributed by atoms with E-state index in [4.69, 9.17) is 21.4 Å². The lowest BCUT2D eigenvalue weighted by Crippen LogP contribution is -2.05. The van der Waals surface area contributed by atoms with Gasteiger partial charge in [-0.1, -0.05) is 41.9 Å². The molecule has 4 aromatic rings. The zero-order valence-electron chi connectivity index (χ0n) is 14.6. The summed E-state index contributed by atoms with van der Waals surface area (Å²) in [6.45, 7) is 2.08. The molecule has 0 atom stereocenters. The lowest BCUT2D eigenvalue weighted by atomic mass is 10.1. The van der Waals surface area contributed by atoms with Crippen molar-refractivity contribution in [2.24, 2.45) is 0 Å². The van der Waals surface area contributed by atoms with Crippen LogP contribution < -0.4 is 0 Å². The second kappa shape index (κ2) is 7.21. The fraction of sp³-hybridized carbons (Fsp3) is 0.0952. The van der Waals surface area contributed by atoms with Crippen LogP contribution in [0.15, 0.2) is 66.9 Å². The van der Waals surface area contributed by atoms with E-state index in [0.29, 0.717) is 28.5 Å². The maximum Gasteiger partial charge on any atom is 0.339 e. The summed E-state index contributed by atoms with van der Waals surface area (Å²) in [6, 6.07) is 18.9. The Bertz CT molecular complexity index is 1120. The van der Waals surface area contributed by atoms with Crippen molar-refractivity contribution in [1.82, 2.24) is 14.8 Å². The first-order valence-electron chi connectivity index (χ1n) is 8.54. The van der Waals surface area contributed by atoms with E-state index in [1.807, 2.05) is 54.6 Å². The lowest BCUT2D eigenvalue weighted by Gasteiger charge is -2.03. The van der Waals surface area contributed by atoms with Crippen LogP contribution in [0.1, 0.15) is 17.3 Å². The molecule has 0 fully saturated rings. The number of nitrogens with zero attached hydrogens (tertiary/aromatic N) is 3. The number of fused-ring (bicyclic) bond motifs is 1. The Balaban J connectivity index is 1.97. The van der Waals surface area contributed by atoms with Crippen LogP contribution >= 0.6 is 11.6 Å². The van der Waals surface area contributed by atoms with Gasteiger partial charge in [-0.15, -0.1) is 0 Å². The molecule has 5 nitrogen and oxygen atoms in total. The second-order valence-electron chi connectivity index (χ2n) is 5.92. The second-order valence-corrected chi connectivity index (χ2v) is 6.36. The average Bonchev–Trinajstić information content (AvgIpc) is 3.08. The smallest absolute Gasteiger partial charge is 0.339 e. The molecule has 0 radical (unpaired) electrons. The summed E-state index contributed by atoms with van der Waals surface area (Å²) in [5.74, 6) is -0.406. The van der Waals surface area contributed by atoms with Gasteiger partial charge in [-0.25, -0.2) is 14.5 Å². The molecular formula is C21H16ClN3O2. The predicted octanol–water partition coefficient (Wildman–Crippen LogP) is 4.92. The Morgan fingerprint density at radius 1 is 1.11 bits per heavy atom. The third kappa shape index (κ3) is 3.29. The summed E-state index contributed by atoms with van der Waals surface area (Å²) in [6.07, 6.45) is 1.52. The fourth-order valence-electron chi connectivity index (χ4n) is 2.93. The number of hydrogen-bond acceptors (Lipinski definition) is 4. The predicted molar refractivity (Wildman–Crippen MR) is 105 cm³/mol. The monoisotopic (exact) mass is 377 g/mol. The molecule has 0 saturated carbocycles. The van der Waals surface area contributed by atoms with Crippen molar-refractivity contribution in [1.29, 1.82) is 0 Å². The third-order valence-corrected chi connectivity index (χ3v) is 4.37. The number of benzene rings is 2. The van der Waals surface area contributed by atoms with Gasteiger partial charge in [-0.05, 0) is 37.3 Å². The zero-order valence-corrected chi connectivity index (χ0v) is 15.3. The SMILES string of the molecule is CCOC(=O)c1cnc2c(c1)c(-c1cccc(Cl)c1)nn2-c1ccccc1. The number of pyridine rings is 1. The van der Waals surface area contributed by atoms with Gasteiger partial charge >= 0.3 is 5.97 Å². The van der Waals surface area contributed by atoms with E-state index in [9.17, 15) is 4.79 Å². The number of carbonyl (C=O) groups is 1. The topological polar surface area (TPSA) is 57.0 Å². The molecule has 27 heavy (non-hydrogen) atoms. The van der Waals surface area contributed by atoms with Crippen LogP contribution in [0.25, 0.3) is 28.0 Å². The van der Waals surface area contributed by atoms with Gasteiger partial charge in [0.1, 0.15) is 5.69 Å². The number of rotatable bonds is 4. The highest BCUT2D eigenvalue weighted by atomic mass is 35.5. The van der Waals surface area contributed by atoms with Crippen LogP contribution in [0.2, 0.25) is 5.02 Å². The van der Waals surface area contributed by atoms with E-state index in [1.54, 1.807) is 17.7 Å². The van der Waals surface area contributed by atoms with Gasteiger partial charge in [-0.3, -0.25) is 0 Å². The number of hydrogen-bond donors (Lipinski definition) is 0. The Labute approximate surface area is 161 Å². The van der Waals surface area contributed by atoms with Crippen LogP contribution in [-0.4, -0.2) is 27.3 Å². The van der Waals surface area contributed by atoms with Gasteiger partial charge in [0.05, 0.1) is 17.9 Å². The van der Waals surface area contributed by atoms with Crippen LogP contribution in [0, 0.1) is 0 Å². The number of ether oxygens (including phenoxy) is 1. The minimum Gasteiger partial charge on any atom is -0.462 e. The van der Waals surface area contributed by atoms with Crippen LogP contribution in [0.3, 0.4) is 0 Å². The molecule has 0 aliphatic carbocycles. The number of aromatic nitrogens is 3. The molecule has 2 heterocycles. The molecule has 0 N–H and O–H groups in total. The largest absolute Gasteiger partial charge is 0.462 e. The Hall–Kier alpha value is -3.18. The van der Waals surface area contributed by atoms with Crippen LogP contribution in [-0.2, 0) is 4.74 Å². The molecule has 0 spiro atoms. The Morgan fingerprint density at radius 3 is 2.67 bits per heavy atom. The Kier molecular flexibility index (Phi) is 4.60. The van der Waals surface area contributed by atoms with Gasteiger partial charge < -0.3 is 4.74 Å². The van der Waals surface area contributed by atoms with Crippen molar-refractivity contribution >= 4 is 28.6 Å². The van der Waals surface area contributed by atoms with E-state index in [0.717, 1.165) is 16.6 Å². The molecule has 0 aliphatic rings. The normalized spacial score (nSPS) is 10.9. The molecule has 0 aliphatic heterocycles. The van der Waals surface area contributed by atoms with Crippen molar-refractivity contribution in [3.05, 3.63) is 77.4 Å². The van der Waals surface area contributed by atoms with E-state index in [-0.39, 0.29) is 0 Å². The standard InChI is InChI=1S/C21H16ClN3O2/c1-2-27-21(26)15-12-18-19(14-7-6-8-16(22)11-14)24-25(20(18)23-13-15)17-9-4-3-5-10-17/h3-13H,2H2,1H3. The lowest BCUT2D eigenvalue weighted by molar-refractivity contribution is 0.0526. The minimum atomic E-state index is -0.406. The van der Waals surface area contributed by atoms with Gasteiger partial charge in [-0.2, -0.15) is 5.10 Å². The number of para-hydroxylation sites is 1. The maximum atomic E-state index is 12.2. The summed E-state index contributed by atoms with van der Waals surface area (Å²) in [7, 11) is 0. The van der Waals surface area contributed by atoms with Gasteiger partial charge in [0.15, 0.2) is 5.65 Å². The summed E-state index contributed by atoms with van der Waals surface area (Å²) in [5.41, 5.74) is 3.48. The summed E-state index contributed by atoms with van der Waals surface area (Å²) >= 11 is 6.17. The first-order chi connectivity index (χ1) is 13.2. The molecule has 134 valence electrons. The third-order valence-electron chi connectivity index (χ3n) is 4.13. The summed E-state index contributed by atoms with van der Waals surface area (Å²) < 4.78 is 6.87. The number of carbonyl (C=O) groups excluding carboxylic acids is 1. The van der Waals surface area contributed by atoms with E-state index in [1.165, 1.54) is 6.20 Å². The molecule has 2 aromatic carbocycles. The van der Waals surface area contributed by atoms with Crippen LogP contribution in [0.5, 0.6) is 0 Å². The van der Waals surface area contributed by atoms with Crippen molar-refractivity contribution in [3.8, 4) is 16.9 Å². The van der Waals surface area contributed by atoms with Gasteiger partial charge in [0.2, 0.25) is 0 Å². The quantitative estimate of drug-likeness (QED) is 0.474. The molecule has 0 amide bonds. The average molecular weight is 378 g/mol. The molecular weight excluding hydrogens is 362 g/mol. The molecule has 0 bridgehead atoms. The van der Waals surface area contributed by atoms with Crippen LogP contribution in [0.4, 0.5) is 0 Å². The van der Waals surface area contributed by atoms with Crippen molar-refractivity contribution in [3.63, 3.8) is 0 Å². The molecule has 4 rings (SSSR count). The minimum absolute atomic E-state index is 0.307. The zero-order chi connectivity index (χ0) is 18.8. The fourth-order valence-corrected chi connectivity index (χ4v) is 3.12. The maximum absolute atomic E-state index is 12.2. The van der Waals surface area contributed by atoms with Crippen molar-refractivity contribution < 1.29 is 9.53 Å². The highest BCUT2D eigenvalue weighted by Gasteiger charge is 2.18. The highest BCUT2D eigenvalue weighted by molar-refractivity contribution is 6.30. The first kappa shape index (κ1) is 17.2. The molecule has 6 heteroatoms. The first-order valence-corrected chi connectivity index (χ1v) is 8.92. The highest BCUT2D eigenvalue weighted by Crippen LogP contribution is 2.30. The Morgan fingerprint density at radius 2 is 1.93 bits per heavy atom. The number of esters is 1. The van der Waals surface area contributed by atoms with Gasteiger partial charge in [0.25, 0.3) is 0 Å². The van der Waals surface area contributed by atoms with E-state index >= 15 is 0 Å². The summed E-state index contributed by atoms with van der Waals surface area (Å²) in [5, 5.41) is 6.13. The number of halogens is 1. The van der Waals surface area contributed by atoms with Crippen molar-refractivity contribution in [2.45, 2.75) is 6.92 Å². The molecule has 0 saturated heterocycles. The molecule has 2 aromatic heterocycles. The van der Waals surface area contributed by atoms with E-state index < -0.39 is 5.97 Å². The van der Waals surface area contributed by atoms with Gasteiger partial charge in [0, 0.05) is 22.2 Å². The van der Waals surface area contributed by atoms with E-state index in [2.05, 4.69) is 4.98 Å². The van der Waals surface area contributed by atoms with Crippen molar-refractivity contribution in [2.75, 3.05) is 6.61 Å². The molecule has 0 unspecified atom stereocenters.